The molecule has 0 radical (unpaired) electrons. The van der Waals surface area contributed by atoms with Gasteiger partial charge in [-0.25, -0.2) is 0 Å². The van der Waals surface area contributed by atoms with Gasteiger partial charge in [-0.15, -0.1) is 0 Å². The highest BCUT2D eigenvalue weighted by Crippen LogP contribution is 2.30. The lowest BCUT2D eigenvalue weighted by molar-refractivity contribution is 0.471. The summed E-state index contributed by atoms with van der Waals surface area (Å²) in [6, 6.07) is 12.0. The van der Waals surface area contributed by atoms with Crippen molar-refractivity contribution in [2.45, 2.75) is 26.3 Å². The average molecular weight is 256 g/mol. The number of para-hydroxylation sites is 1. The molecule has 0 amide bonds. The van der Waals surface area contributed by atoms with E-state index in [1.807, 2.05) is 37.4 Å². The summed E-state index contributed by atoms with van der Waals surface area (Å²) in [5.74, 6) is 2.18. The summed E-state index contributed by atoms with van der Waals surface area (Å²) in [6.07, 6.45) is 1.78. The smallest absolute Gasteiger partial charge is 0.130 e. The molecule has 1 heterocycles. The van der Waals surface area contributed by atoms with Crippen molar-refractivity contribution >= 4 is 0 Å². The summed E-state index contributed by atoms with van der Waals surface area (Å²) in [7, 11) is 1.91. The van der Waals surface area contributed by atoms with Crippen LogP contribution < -0.4 is 10.1 Å². The first-order valence-corrected chi connectivity index (χ1v) is 6.57. The lowest BCUT2D eigenvalue weighted by Crippen LogP contribution is -2.06. The molecular formula is C16H20N2O. The van der Waals surface area contributed by atoms with Gasteiger partial charge in [-0.3, -0.25) is 4.98 Å². The monoisotopic (exact) mass is 256 g/mol. The maximum atomic E-state index is 5.99. The molecule has 1 N–H and O–H groups in total. The van der Waals surface area contributed by atoms with E-state index in [1.54, 1.807) is 6.20 Å². The van der Waals surface area contributed by atoms with Crippen molar-refractivity contribution in [1.82, 2.24) is 10.3 Å². The average Bonchev–Trinajstić information content (AvgIpc) is 2.40. The summed E-state index contributed by atoms with van der Waals surface area (Å²) < 4.78 is 5.99. The maximum absolute atomic E-state index is 5.99. The molecule has 3 heteroatoms. The van der Waals surface area contributed by atoms with Crippen molar-refractivity contribution in [2.75, 3.05) is 7.05 Å². The van der Waals surface area contributed by atoms with Crippen molar-refractivity contribution in [3.63, 3.8) is 0 Å². The van der Waals surface area contributed by atoms with Gasteiger partial charge in [-0.05, 0) is 30.7 Å². The Balaban J connectivity index is 2.23. The topological polar surface area (TPSA) is 34.1 Å². The van der Waals surface area contributed by atoms with E-state index in [0.717, 1.165) is 23.7 Å². The van der Waals surface area contributed by atoms with E-state index in [9.17, 15) is 0 Å². The van der Waals surface area contributed by atoms with E-state index in [1.165, 1.54) is 5.56 Å². The number of nitrogens with one attached hydrogen (secondary N) is 1. The summed E-state index contributed by atoms with van der Waals surface area (Å²) in [5.41, 5.74) is 2.19. The van der Waals surface area contributed by atoms with Crippen LogP contribution in [0.15, 0.2) is 42.6 Å². The lowest BCUT2D eigenvalue weighted by atomic mass is 10.0. The molecule has 0 aliphatic heterocycles. The fourth-order valence-electron chi connectivity index (χ4n) is 1.97. The van der Waals surface area contributed by atoms with Gasteiger partial charge in [0.15, 0.2) is 0 Å². The van der Waals surface area contributed by atoms with E-state index in [2.05, 4.69) is 30.2 Å². The number of ether oxygens (including phenoxy) is 1. The second-order valence-corrected chi connectivity index (χ2v) is 4.81. The maximum Gasteiger partial charge on any atom is 0.130 e. The molecule has 2 aromatic rings. The van der Waals surface area contributed by atoms with Crippen LogP contribution in [-0.2, 0) is 6.54 Å². The zero-order valence-electron chi connectivity index (χ0n) is 11.7. The third kappa shape index (κ3) is 3.55. The fourth-order valence-corrected chi connectivity index (χ4v) is 1.97. The molecule has 0 saturated heterocycles. The minimum atomic E-state index is 0.440. The zero-order valence-corrected chi connectivity index (χ0v) is 11.7. The quantitative estimate of drug-likeness (QED) is 0.885. The Morgan fingerprint density at radius 2 is 2.00 bits per heavy atom. The summed E-state index contributed by atoms with van der Waals surface area (Å²) >= 11 is 0. The van der Waals surface area contributed by atoms with Gasteiger partial charge in [0.25, 0.3) is 0 Å². The molecule has 100 valence electrons. The minimum Gasteiger partial charge on any atom is -0.457 e. The van der Waals surface area contributed by atoms with Crippen LogP contribution in [0.3, 0.4) is 0 Å². The first kappa shape index (κ1) is 13.6. The highest BCUT2D eigenvalue weighted by molar-refractivity contribution is 5.39. The van der Waals surface area contributed by atoms with E-state index in [0.29, 0.717) is 5.92 Å². The summed E-state index contributed by atoms with van der Waals surface area (Å²) in [4.78, 5) is 4.29. The van der Waals surface area contributed by atoms with Crippen LogP contribution in [0.1, 0.15) is 31.0 Å². The Labute approximate surface area is 114 Å². The van der Waals surface area contributed by atoms with Crippen molar-refractivity contribution in [2.24, 2.45) is 0 Å². The molecule has 1 aromatic carbocycles. The fraction of sp³-hybridized carbons (Fsp3) is 0.312. The Kier molecular flexibility index (Phi) is 4.53. The van der Waals surface area contributed by atoms with E-state index < -0.39 is 0 Å². The number of hydrogen-bond acceptors (Lipinski definition) is 3. The Bertz CT molecular complexity index is 538. The van der Waals surface area contributed by atoms with Crippen molar-refractivity contribution in [3.05, 3.63) is 53.9 Å². The van der Waals surface area contributed by atoms with Gasteiger partial charge < -0.3 is 10.1 Å². The summed E-state index contributed by atoms with van der Waals surface area (Å²) in [5, 5.41) is 3.09. The number of hydrogen-bond donors (Lipinski definition) is 1. The van der Waals surface area contributed by atoms with Gasteiger partial charge in [0.05, 0.1) is 5.69 Å². The largest absolute Gasteiger partial charge is 0.457 e. The molecule has 0 unspecified atom stereocenters. The predicted octanol–water partition coefficient (Wildman–Crippen LogP) is 3.72. The SMILES string of the molecule is CNCc1cc(Oc2ccccc2C(C)C)ccn1. The molecule has 0 aliphatic carbocycles. The number of benzene rings is 1. The molecule has 1 aromatic heterocycles. The Morgan fingerprint density at radius 1 is 1.21 bits per heavy atom. The third-order valence-electron chi connectivity index (χ3n) is 2.91. The third-order valence-corrected chi connectivity index (χ3v) is 2.91. The van der Waals surface area contributed by atoms with Gasteiger partial charge in [-0.2, -0.15) is 0 Å². The van der Waals surface area contributed by atoms with Crippen LogP contribution in [0, 0.1) is 0 Å². The van der Waals surface area contributed by atoms with Gasteiger partial charge in [0, 0.05) is 18.8 Å². The molecule has 2 rings (SSSR count). The van der Waals surface area contributed by atoms with Crippen molar-refractivity contribution < 1.29 is 4.74 Å². The number of pyridine rings is 1. The number of rotatable bonds is 5. The van der Waals surface area contributed by atoms with Crippen LogP contribution in [0.4, 0.5) is 0 Å². The second-order valence-electron chi connectivity index (χ2n) is 4.81. The second kappa shape index (κ2) is 6.34. The van der Waals surface area contributed by atoms with Crippen molar-refractivity contribution in [1.29, 1.82) is 0 Å². The molecule has 3 nitrogen and oxygen atoms in total. The van der Waals surface area contributed by atoms with Gasteiger partial charge in [0.1, 0.15) is 11.5 Å². The van der Waals surface area contributed by atoms with Crippen LogP contribution in [0.5, 0.6) is 11.5 Å². The molecule has 0 aliphatic rings. The molecule has 0 fully saturated rings. The molecule has 0 atom stereocenters. The predicted molar refractivity (Wildman–Crippen MR) is 77.6 cm³/mol. The van der Waals surface area contributed by atoms with Crippen LogP contribution in [0.2, 0.25) is 0 Å². The van der Waals surface area contributed by atoms with Gasteiger partial charge in [-0.1, -0.05) is 32.0 Å². The summed E-state index contributed by atoms with van der Waals surface area (Å²) in [6.45, 7) is 5.07. The standard InChI is InChI=1S/C16H20N2O/c1-12(2)15-6-4-5-7-16(15)19-14-8-9-18-13(10-14)11-17-3/h4-10,12,17H,11H2,1-3H3. The first-order chi connectivity index (χ1) is 9.20. The van der Waals surface area contributed by atoms with Crippen LogP contribution in [0.25, 0.3) is 0 Å². The van der Waals surface area contributed by atoms with E-state index >= 15 is 0 Å². The molecular weight excluding hydrogens is 236 g/mol. The van der Waals surface area contributed by atoms with Crippen LogP contribution >= 0.6 is 0 Å². The highest BCUT2D eigenvalue weighted by atomic mass is 16.5. The molecule has 19 heavy (non-hydrogen) atoms. The van der Waals surface area contributed by atoms with Gasteiger partial charge in [0.2, 0.25) is 0 Å². The Morgan fingerprint density at radius 3 is 2.74 bits per heavy atom. The minimum absolute atomic E-state index is 0.440. The van der Waals surface area contributed by atoms with Crippen molar-refractivity contribution in [3.8, 4) is 11.5 Å². The Hall–Kier alpha value is -1.87. The van der Waals surface area contributed by atoms with Crippen LogP contribution in [-0.4, -0.2) is 12.0 Å². The van der Waals surface area contributed by atoms with E-state index in [4.69, 9.17) is 4.74 Å². The molecule has 0 bridgehead atoms. The van der Waals surface area contributed by atoms with E-state index in [-0.39, 0.29) is 0 Å². The zero-order chi connectivity index (χ0) is 13.7. The highest BCUT2D eigenvalue weighted by Gasteiger charge is 2.08. The number of nitrogens with zero attached hydrogens (tertiary/aromatic N) is 1. The lowest BCUT2D eigenvalue weighted by Gasteiger charge is -2.13. The first-order valence-electron chi connectivity index (χ1n) is 6.57. The molecule has 0 saturated carbocycles. The molecule has 0 spiro atoms. The normalized spacial score (nSPS) is 10.7. The number of aromatic nitrogens is 1. The van der Waals surface area contributed by atoms with Gasteiger partial charge >= 0.3 is 0 Å².